The Kier molecular flexibility index (Phi) is 18.7. The van der Waals surface area contributed by atoms with Crippen LogP contribution in [-0.4, -0.2) is 89.8 Å². The van der Waals surface area contributed by atoms with E-state index in [1.807, 2.05) is 48.5 Å². The van der Waals surface area contributed by atoms with E-state index in [1.54, 1.807) is 27.7 Å². The van der Waals surface area contributed by atoms with Gasteiger partial charge in [-0.15, -0.1) is 0 Å². The lowest BCUT2D eigenvalue weighted by Gasteiger charge is -2.21. The van der Waals surface area contributed by atoms with Gasteiger partial charge < -0.3 is 33.2 Å². The fourth-order valence-electron chi connectivity index (χ4n) is 3.71. The molecule has 2 N–H and O–H groups in total. The minimum absolute atomic E-state index is 0.490. The van der Waals surface area contributed by atoms with Crippen molar-refractivity contribution in [1.82, 2.24) is 0 Å². The van der Waals surface area contributed by atoms with Crippen molar-refractivity contribution in [2.24, 2.45) is 0 Å². The quantitative estimate of drug-likeness (QED) is 0.0854. The maximum Gasteiger partial charge on any atom is 0.123 e. The SMILES string of the molecule is CC(C)(OO)c1ccc(COCCOCCOCCOCCOCCOCCOCc2ccc(C(C)(C)OO)cc2)cc1. The summed E-state index contributed by atoms with van der Waals surface area (Å²) in [6, 6.07) is 15.5. The Hall–Kier alpha value is -2.00. The third-order valence-electron chi connectivity index (χ3n) is 6.52. The first-order valence-corrected chi connectivity index (χ1v) is 14.7. The molecule has 0 aliphatic carbocycles. The molecule has 0 bridgehead atoms. The average Bonchev–Trinajstić information content (AvgIpc) is 3.02. The largest absolute Gasteiger partial charge is 0.377 e. The lowest BCUT2D eigenvalue weighted by atomic mass is 9.97. The van der Waals surface area contributed by atoms with Gasteiger partial charge in [-0.1, -0.05) is 48.5 Å². The Balaban J connectivity index is 1.28. The van der Waals surface area contributed by atoms with Crippen LogP contribution >= 0.6 is 0 Å². The van der Waals surface area contributed by atoms with Crippen LogP contribution in [0.15, 0.2) is 48.5 Å². The Morgan fingerprint density at radius 3 is 0.860 bits per heavy atom. The molecule has 0 heterocycles. The monoisotopic (exact) mass is 610 g/mol. The Morgan fingerprint density at radius 1 is 0.395 bits per heavy atom. The molecule has 2 rings (SSSR count). The molecule has 0 amide bonds. The van der Waals surface area contributed by atoms with Crippen molar-refractivity contribution in [2.45, 2.75) is 52.1 Å². The maximum atomic E-state index is 8.97. The molecule has 0 fully saturated rings. The van der Waals surface area contributed by atoms with Gasteiger partial charge >= 0.3 is 0 Å². The highest BCUT2D eigenvalue weighted by molar-refractivity contribution is 5.27. The molecule has 0 spiro atoms. The van der Waals surface area contributed by atoms with Crippen LogP contribution in [0.1, 0.15) is 49.9 Å². The first-order chi connectivity index (χ1) is 20.8. The van der Waals surface area contributed by atoms with Crippen LogP contribution in [0, 0.1) is 0 Å². The number of hydrogen-bond acceptors (Lipinski definition) is 11. The third kappa shape index (κ3) is 16.0. The number of hydrogen-bond donors (Lipinski definition) is 2. The van der Waals surface area contributed by atoms with Gasteiger partial charge in [-0.3, -0.25) is 10.5 Å². The van der Waals surface area contributed by atoms with Crippen LogP contribution in [0.25, 0.3) is 0 Å². The summed E-state index contributed by atoms with van der Waals surface area (Å²) in [6.45, 7) is 14.1. The van der Waals surface area contributed by atoms with Crippen LogP contribution in [0.4, 0.5) is 0 Å². The minimum Gasteiger partial charge on any atom is -0.377 e. The lowest BCUT2D eigenvalue weighted by molar-refractivity contribution is -0.318. The molecule has 0 saturated carbocycles. The summed E-state index contributed by atoms with van der Waals surface area (Å²) < 4.78 is 38.8. The van der Waals surface area contributed by atoms with Gasteiger partial charge in [-0.05, 0) is 49.9 Å². The van der Waals surface area contributed by atoms with E-state index >= 15 is 0 Å². The highest BCUT2D eigenvalue weighted by Gasteiger charge is 2.21. The van der Waals surface area contributed by atoms with Crippen LogP contribution in [-0.2, 0) is 67.3 Å². The Morgan fingerprint density at radius 2 is 0.628 bits per heavy atom. The molecule has 2 aromatic rings. The maximum absolute atomic E-state index is 8.97. The predicted molar refractivity (Wildman–Crippen MR) is 160 cm³/mol. The topological polar surface area (TPSA) is 124 Å². The molecular formula is C32H50O11. The molecule has 43 heavy (non-hydrogen) atoms. The van der Waals surface area contributed by atoms with E-state index < -0.39 is 11.2 Å². The third-order valence-corrected chi connectivity index (χ3v) is 6.52. The van der Waals surface area contributed by atoms with Crippen molar-refractivity contribution >= 4 is 0 Å². The average molecular weight is 611 g/mol. The minimum atomic E-state index is -0.739. The molecule has 0 atom stereocenters. The molecule has 0 unspecified atom stereocenters. The van der Waals surface area contributed by atoms with E-state index in [1.165, 1.54) is 0 Å². The lowest BCUT2D eigenvalue weighted by Crippen LogP contribution is -2.19. The van der Waals surface area contributed by atoms with Gasteiger partial charge in [0.25, 0.3) is 0 Å². The van der Waals surface area contributed by atoms with Crippen LogP contribution in [0.5, 0.6) is 0 Å². The second-order valence-electron chi connectivity index (χ2n) is 10.8. The first-order valence-electron chi connectivity index (χ1n) is 14.7. The number of benzene rings is 2. The van der Waals surface area contributed by atoms with E-state index in [-0.39, 0.29) is 0 Å². The van der Waals surface area contributed by atoms with E-state index in [0.29, 0.717) is 92.5 Å². The summed E-state index contributed by atoms with van der Waals surface area (Å²) in [5.41, 5.74) is 2.37. The van der Waals surface area contributed by atoms with Crippen molar-refractivity contribution in [3.8, 4) is 0 Å². The smallest absolute Gasteiger partial charge is 0.123 e. The zero-order valence-electron chi connectivity index (χ0n) is 26.1. The standard InChI is InChI=1S/C32H50O11/c1-31(2,42-33)29-9-5-27(6-10-29)25-40-23-21-38-19-17-36-15-13-35-14-16-37-18-20-39-22-24-41-26-28-7-11-30(12-8-28)32(3,4)43-34/h5-12,33-34H,13-26H2,1-4H3. The summed E-state index contributed by atoms with van der Waals surface area (Å²) in [5, 5.41) is 17.9. The normalized spacial score (nSPS) is 12.2. The predicted octanol–water partition coefficient (Wildman–Crippen LogP) is 4.95. The molecule has 11 heteroatoms. The van der Waals surface area contributed by atoms with Gasteiger partial charge in [0.1, 0.15) is 11.2 Å². The molecule has 11 nitrogen and oxygen atoms in total. The van der Waals surface area contributed by atoms with Crippen LogP contribution < -0.4 is 0 Å². The molecule has 0 saturated heterocycles. The van der Waals surface area contributed by atoms with E-state index in [2.05, 4.69) is 9.78 Å². The van der Waals surface area contributed by atoms with Crippen LogP contribution in [0.2, 0.25) is 0 Å². The molecule has 0 aliphatic rings. The van der Waals surface area contributed by atoms with Crippen molar-refractivity contribution < 1.29 is 53.4 Å². The van der Waals surface area contributed by atoms with Crippen molar-refractivity contribution in [1.29, 1.82) is 0 Å². The van der Waals surface area contributed by atoms with Gasteiger partial charge in [-0.2, -0.15) is 0 Å². The van der Waals surface area contributed by atoms with Crippen LogP contribution in [0.3, 0.4) is 0 Å². The van der Waals surface area contributed by atoms with E-state index in [9.17, 15) is 0 Å². The second kappa shape index (κ2) is 21.7. The van der Waals surface area contributed by atoms with Gasteiger partial charge in [0, 0.05) is 0 Å². The molecule has 0 radical (unpaired) electrons. The summed E-state index contributed by atoms with van der Waals surface area (Å²) >= 11 is 0. The first kappa shape index (κ1) is 37.2. The van der Waals surface area contributed by atoms with Crippen molar-refractivity contribution in [2.75, 3.05) is 79.3 Å². The van der Waals surface area contributed by atoms with Gasteiger partial charge in [0.05, 0.1) is 92.5 Å². The van der Waals surface area contributed by atoms with E-state index in [4.69, 9.17) is 43.7 Å². The van der Waals surface area contributed by atoms with Crippen molar-refractivity contribution in [3.63, 3.8) is 0 Å². The summed E-state index contributed by atoms with van der Waals surface area (Å²) in [7, 11) is 0. The highest BCUT2D eigenvalue weighted by atomic mass is 17.1. The molecule has 244 valence electrons. The molecule has 0 aliphatic heterocycles. The zero-order chi connectivity index (χ0) is 31.2. The molecular weight excluding hydrogens is 560 g/mol. The fraction of sp³-hybridized carbons (Fsp3) is 0.625. The number of rotatable bonds is 26. The van der Waals surface area contributed by atoms with Gasteiger partial charge in [-0.25, -0.2) is 9.78 Å². The van der Waals surface area contributed by atoms with Crippen molar-refractivity contribution in [3.05, 3.63) is 70.8 Å². The number of ether oxygens (including phenoxy) is 7. The zero-order valence-corrected chi connectivity index (χ0v) is 26.1. The molecule has 2 aromatic carbocycles. The fourth-order valence-corrected chi connectivity index (χ4v) is 3.71. The van der Waals surface area contributed by atoms with Gasteiger partial charge in [0.15, 0.2) is 0 Å². The second-order valence-corrected chi connectivity index (χ2v) is 10.8. The summed E-state index contributed by atoms with van der Waals surface area (Å²) in [6.07, 6.45) is 0. The summed E-state index contributed by atoms with van der Waals surface area (Å²) in [4.78, 5) is 9.01. The Labute approximate surface area is 255 Å². The molecule has 0 aromatic heterocycles. The highest BCUT2D eigenvalue weighted by Crippen LogP contribution is 2.24. The van der Waals surface area contributed by atoms with E-state index in [0.717, 1.165) is 22.3 Å². The summed E-state index contributed by atoms with van der Waals surface area (Å²) in [5.74, 6) is 0. The Bertz CT molecular complexity index is 871. The van der Waals surface area contributed by atoms with Gasteiger partial charge in [0.2, 0.25) is 0 Å².